The lowest BCUT2D eigenvalue weighted by Gasteiger charge is -2.37. The van der Waals surface area contributed by atoms with Crippen LogP contribution in [0.15, 0.2) is 156 Å². The number of amides is 2. The molecule has 0 unspecified atom stereocenters. The minimum atomic E-state index is -3.68. The van der Waals surface area contributed by atoms with E-state index in [-0.39, 0.29) is 61.0 Å². The van der Waals surface area contributed by atoms with Crippen molar-refractivity contribution < 1.29 is 51.6 Å². The molecule has 1 saturated heterocycles. The van der Waals surface area contributed by atoms with Gasteiger partial charge in [0.15, 0.2) is 21.0 Å². The van der Waals surface area contributed by atoms with Crippen LogP contribution in [0.1, 0.15) is 41.3 Å². The average molecular weight is 1010 g/mol. The number of hydrogen-bond donors (Lipinski definition) is 4. The van der Waals surface area contributed by atoms with Gasteiger partial charge in [-0.25, -0.2) is 18.2 Å². The second-order valence-corrected chi connectivity index (χ2v) is 19.2. The van der Waals surface area contributed by atoms with Gasteiger partial charge in [0.05, 0.1) is 55.8 Å². The molecule has 9 rings (SSSR count). The number of nitrogens with one attached hydrogen (secondary N) is 3. The summed E-state index contributed by atoms with van der Waals surface area (Å²) < 4.78 is 57.8. The molecule has 3 aromatic heterocycles. The highest BCUT2D eigenvalue weighted by atomic mass is 32.2. The second-order valence-electron chi connectivity index (χ2n) is 17.1. The maximum atomic E-state index is 13.2. The predicted octanol–water partition coefficient (Wildman–Crippen LogP) is 5.89. The molecule has 5 aromatic carbocycles. The molecule has 376 valence electrons. The number of sulfone groups is 1. The molecule has 0 bridgehead atoms. The Hall–Kier alpha value is -8.17. The van der Waals surface area contributed by atoms with E-state index in [4.69, 9.17) is 23.7 Å². The van der Waals surface area contributed by atoms with E-state index in [0.29, 0.717) is 28.0 Å². The summed E-state index contributed by atoms with van der Waals surface area (Å²) in [5, 5.41) is 17.4. The molecule has 3 atom stereocenters. The van der Waals surface area contributed by atoms with Crippen molar-refractivity contribution in [2.24, 2.45) is 0 Å². The van der Waals surface area contributed by atoms with Crippen molar-refractivity contribution in [1.29, 1.82) is 0 Å². The number of H-pyrrole nitrogens is 1. The van der Waals surface area contributed by atoms with Crippen LogP contribution in [-0.2, 0) is 45.7 Å². The molecule has 0 aliphatic carbocycles. The van der Waals surface area contributed by atoms with Gasteiger partial charge in [0.1, 0.15) is 36.0 Å². The third-order valence-electron chi connectivity index (χ3n) is 12.5. The lowest BCUT2D eigenvalue weighted by atomic mass is 9.80. The summed E-state index contributed by atoms with van der Waals surface area (Å²) in [6, 6.07) is 39.6. The van der Waals surface area contributed by atoms with Gasteiger partial charge in [-0.2, -0.15) is 4.98 Å². The number of nitrogens with zero attached hydrogens (tertiary/aromatic N) is 4. The number of benzene rings is 5. The third-order valence-corrected chi connectivity index (χ3v) is 14.2. The summed E-state index contributed by atoms with van der Waals surface area (Å²) in [5.74, 6) is -0.256. The van der Waals surface area contributed by atoms with Gasteiger partial charge in [-0.15, -0.1) is 0 Å². The van der Waals surface area contributed by atoms with Crippen LogP contribution in [0.25, 0.3) is 22.1 Å². The minimum Gasteiger partial charge on any atom is -0.497 e. The zero-order valence-electron chi connectivity index (χ0n) is 39.7. The van der Waals surface area contributed by atoms with Gasteiger partial charge >= 0.3 is 6.09 Å². The van der Waals surface area contributed by atoms with E-state index in [2.05, 4.69) is 25.6 Å². The Bertz CT molecular complexity index is 3370. The molecule has 4 N–H and O–H groups in total. The van der Waals surface area contributed by atoms with E-state index in [1.54, 1.807) is 56.7 Å². The minimum absolute atomic E-state index is 0.0178. The molecule has 20 heteroatoms. The van der Waals surface area contributed by atoms with Gasteiger partial charge in [-0.1, -0.05) is 91.0 Å². The maximum Gasteiger partial charge on any atom is 0.418 e. The van der Waals surface area contributed by atoms with Crippen LogP contribution in [0, 0.1) is 0 Å². The number of anilines is 1. The maximum absolute atomic E-state index is 13.2. The highest BCUT2D eigenvalue weighted by Crippen LogP contribution is 2.43. The Morgan fingerprint density at radius 3 is 2.14 bits per heavy atom. The summed E-state index contributed by atoms with van der Waals surface area (Å²) >= 11 is 0. The standard InChI is InChI=1S/C53H51N7O12S/c1-68-38-21-17-36(18-22-38)53(35-11-5-3-6-12-35,37-19-23-39(69-2)24-20-37)71-32-44-43(61)30-47(72-44)60-33-55-48-49(60)57-51(58-50(48)64)56-45(62)25-26-54-46(63)29-34-31-59(42-16-10-9-15-41(34)42)52(65)70-27-28-73(66,67)40-13-7-4-8-14-40/h3-24,31,33,43-44,47,61H,25-30,32H2,1-2H3,(H,54,63)(H2,56,57,58,62,64)/t43-,44-,47-/m1/s1. The Kier molecular flexibility index (Phi) is 14.8. The van der Waals surface area contributed by atoms with E-state index >= 15 is 0 Å². The number of para-hydroxylation sites is 1. The molecule has 0 spiro atoms. The van der Waals surface area contributed by atoms with Gasteiger partial charge in [0.25, 0.3) is 5.56 Å². The number of fused-ring (bicyclic) bond motifs is 2. The molecule has 0 saturated carbocycles. The fourth-order valence-electron chi connectivity index (χ4n) is 8.85. The monoisotopic (exact) mass is 1010 g/mol. The SMILES string of the molecule is COc1ccc(C(OC[C@H]2O[C@@H](n3cnc4c(=O)[nH]c(NC(=O)CCNC(=O)Cc5cn(C(=O)OCCS(=O)(=O)c6ccccc6)c6ccccc56)nc43)C[C@H]2O)(c2ccccc2)c2ccc(OC)cc2)cc1. The molecule has 19 nitrogen and oxygen atoms in total. The number of methoxy groups -OCH3 is 2. The Morgan fingerprint density at radius 2 is 1.47 bits per heavy atom. The molecule has 1 aliphatic heterocycles. The Balaban J connectivity index is 0.831. The Morgan fingerprint density at radius 1 is 0.836 bits per heavy atom. The zero-order chi connectivity index (χ0) is 51.1. The number of aromatic nitrogens is 5. The number of carbonyl (C=O) groups is 3. The van der Waals surface area contributed by atoms with Gasteiger partial charge in [-0.3, -0.25) is 33.8 Å². The Labute approximate surface area is 418 Å². The van der Waals surface area contributed by atoms with Crippen LogP contribution >= 0.6 is 0 Å². The number of rotatable bonds is 19. The largest absolute Gasteiger partial charge is 0.497 e. The summed E-state index contributed by atoms with van der Waals surface area (Å²) in [5.41, 5.74) is 1.66. The highest BCUT2D eigenvalue weighted by molar-refractivity contribution is 7.91. The molecule has 2 amide bonds. The molecule has 1 aliphatic rings. The van der Waals surface area contributed by atoms with E-state index in [1.807, 2.05) is 78.9 Å². The molecule has 1 fully saturated rings. The van der Waals surface area contributed by atoms with Crippen molar-refractivity contribution in [2.45, 2.75) is 48.2 Å². The molecule has 4 heterocycles. The van der Waals surface area contributed by atoms with Crippen LogP contribution in [0.3, 0.4) is 0 Å². The first-order chi connectivity index (χ1) is 35.4. The van der Waals surface area contributed by atoms with Crippen LogP contribution in [0.2, 0.25) is 0 Å². The first-order valence-corrected chi connectivity index (χ1v) is 24.9. The fraction of sp³-hybridized carbons (Fsp3) is 0.245. The zero-order valence-corrected chi connectivity index (χ0v) is 40.5. The first kappa shape index (κ1) is 49.8. The average Bonchev–Trinajstić information content (AvgIpc) is 4.12. The summed E-state index contributed by atoms with van der Waals surface area (Å²) in [4.78, 5) is 64.0. The van der Waals surface area contributed by atoms with E-state index in [1.165, 1.54) is 33.8 Å². The topological polar surface area (TPSA) is 244 Å². The number of ether oxygens (including phenoxy) is 5. The van der Waals surface area contributed by atoms with E-state index in [9.17, 15) is 32.7 Å². The molecule has 8 aromatic rings. The van der Waals surface area contributed by atoms with Gasteiger partial charge in [0, 0.05) is 31.0 Å². The number of aromatic amines is 1. The smallest absolute Gasteiger partial charge is 0.418 e. The van der Waals surface area contributed by atoms with E-state index < -0.39 is 63.1 Å². The lowest BCUT2D eigenvalue weighted by Crippen LogP contribution is -2.38. The van der Waals surface area contributed by atoms with Crippen molar-refractivity contribution in [3.05, 3.63) is 179 Å². The number of aliphatic hydroxyl groups is 1. The van der Waals surface area contributed by atoms with Gasteiger partial charge < -0.3 is 34.1 Å². The quantitative estimate of drug-likeness (QED) is 0.0690. The van der Waals surface area contributed by atoms with Crippen LogP contribution in [0.5, 0.6) is 11.5 Å². The van der Waals surface area contributed by atoms with Crippen molar-refractivity contribution >= 4 is 55.8 Å². The first-order valence-electron chi connectivity index (χ1n) is 23.3. The van der Waals surface area contributed by atoms with Gasteiger partial charge in [-0.05, 0) is 64.7 Å². The third kappa shape index (κ3) is 10.7. The molecule has 0 radical (unpaired) electrons. The predicted molar refractivity (Wildman–Crippen MR) is 268 cm³/mol. The van der Waals surface area contributed by atoms with Crippen molar-refractivity contribution in [1.82, 2.24) is 29.4 Å². The molecular weight excluding hydrogens is 959 g/mol. The van der Waals surface area contributed by atoms with Crippen LogP contribution < -0.4 is 25.7 Å². The summed E-state index contributed by atoms with van der Waals surface area (Å²) in [7, 11) is -0.488. The second kappa shape index (κ2) is 21.7. The molecule has 73 heavy (non-hydrogen) atoms. The van der Waals surface area contributed by atoms with Crippen LogP contribution in [-0.4, -0.2) is 107 Å². The number of hydrogen-bond acceptors (Lipinski definition) is 14. The fourth-order valence-corrected chi connectivity index (χ4v) is 9.97. The lowest BCUT2D eigenvalue weighted by molar-refractivity contribution is -0.120. The van der Waals surface area contributed by atoms with Gasteiger partial charge in [0.2, 0.25) is 17.8 Å². The summed E-state index contributed by atoms with van der Waals surface area (Å²) in [6.45, 7) is -0.522. The van der Waals surface area contributed by atoms with Crippen molar-refractivity contribution in [2.75, 3.05) is 45.0 Å². The number of imidazole rings is 1. The normalized spacial score (nSPS) is 15.8. The number of aliphatic hydroxyl groups excluding tert-OH is 1. The highest BCUT2D eigenvalue weighted by Gasteiger charge is 2.42. The van der Waals surface area contributed by atoms with Crippen molar-refractivity contribution in [3.8, 4) is 11.5 Å². The number of carbonyl (C=O) groups excluding carboxylic acids is 3. The summed E-state index contributed by atoms with van der Waals surface area (Å²) in [6.07, 6.45) is -0.857. The van der Waals surface area contributed by atoms with Crippen molar-refractivity contribution in [3.63, 3.8) is 0 Å². The van der Waals surface area contributed by atoms with E-state index in [0.717, 1.165) is 16.7 Å². The van der Waals surface area contributed by atoms with Crippen LogP contribution in [0.4, 0.5) is 10.7 Å². The molecular formula is C53H51N7O12S.